The fourth-order valence-corrected chi connectivity index (χ4v) is 6.96. The van der Waals surface area contributed by atoms with Crippen molar-refractivity contribution in [3.05, 3.63) is 144 Å². The Kier molecular flexibility index (Phi) is 8.79. The van der Waals surface area contributed by atoms with E-state index in [1.807, 2.05) is 121 Å². The molecule has 0 aliphatic carbocycles. The SMILES string of the molecule is COc1ccc(N(c2ccc(OC)cc2)c2ccc3sc4ccc(N(c5ccc(OC)cc5)c5ccc(OC)cc5)cc4c(=O)c3c2)cc1. The van der Waals surface area contributed by atoms with Gasteiger partial charge in [0.2, 0.25) is 0 Å². The van der Waals surface area contributed by atoms with Crippen molar-refractivity contribution in [2.24, 2.45) is 0 Å². The lowest BCUT2D eigenvalue weighted by Gasteiger charge is -2.26. The highest BCUT2D eigenvalue weighted by Crippen LogP contribution is 2.40. The van der Waals surface area contributed by atoms with Crippen LogP contribution in [0.5, 0.6) is 23.0 Å². The van der Waals surface area contributed by atoms with Gasteiger partial charge >= 0.3 is 0 Å². The highest BCUT2D eigenvalue weighted by molar-refractivity contribution is 7.24. The van der Waals surface area contributed by atoms with Gasteiger partial charge in [-0.2, -0.15) is 0 Å². The van der Waals surface area contributed by atoms with E-state index in [2.05, 4.69) is 21.9 Å². The molecule has 0 amide bonds. The van der Waals surface area contributed by atoms with Crippen LogP contribution in [0.3, 0.4) is 0 Å². The quantitative estimate of drug-likeness (QED) is 0.135. The molecule has 0 atom stereocenters. The summed E-state index contributed by atoms with van der Waals surface area (Å²) in [6.45, 7) is 0. The van der Waals surface area contributed by atoms with E-state index in [9.17, 15) is 4.79 Å². The number of anilines is 6. The summed E-state index contributed by atoms with van der Waals surface area (Å²) >= 11 is 1.61. The van der Waals surface area contributed by atoms with Gasteiger partial charge in [-0.25, -0.2) is 0 Å². The summed E-state index contributed by atoms with van der Waals surface area (Å²) in [7, 11) is 6.61. The van der Waals surface area contributed by atoms with Gasteiger partial charge in [0, 0.05) is 54.3 Å². The average molecular weight is 667 g/mol. The smallest absolute Gasteiger partial charge is 0.196 e. The lowest BCUT2D eigenvalue weighted by molar-refractivity contribution is 0.414. The zero-order valence-electron chi connectivity index (χ0n) is 27.5. The van der Waals surface area contributed by atoms with Gasteiger partial charge in [-0.1, -0.05) is 0 Å². The Morgan fingerprint density at radius 1 is 0.388 bits per heavy atom. The van der Waals surface area contributed by atoms with Crippen LogP contribution in [0.15, 0.2) is 138 Å². The molecule has 0 saturated carbocycles. The van der Waals surface area contributed by atoms with Gasteiger partial charge in [-0.15, -0.1) is 11.3 Å². The van der Waals surface area contributed by atoms with E-state index in [4.69, 9.17) is 18.9 Å². The molecular formula is C41H34N2O5S. The molecule has 0 unspecified atom stereocenters. The highest BCUT2D eigenvalue weighted by atomic mass is 32.1. The van der Waals surface area contributed by atoms with Crippen molar-refractivity contribution < 1.29 is 18.9 Å². The largest absolute Gasteiger partial charge is 0.497 e. The second-order valence-electron chi connectivity index (χ2n) is 11.3. The van der Waals surface area contributed by atoms with Crippen LogP contribution in [0.4, 0.5) is 34.1 Å². The van der Waals surface area contributed by atoms with Crippen LogP contribution in [-0.2, 0) is 0 Å². The van der Waals surface area contributed by atoms with Crippen molar-refractivity contribution in [2.75, 3.05) is 38.2 Å². The lowest BCUT2D eigenvalue weighted by atomic mass is 10.1. The van der Waals surface area contributed by atoms with E-state index in [0.717, 1.165) is 66.5 Å². The van der Waals surface area contributed by atoms with Gasteiger partial charge in [-0.3, -0.25) is 4.79 Å². The molecule has 7 aromatic rings. The number of benzene rings is 6. The second kappa shape index (κ2) is 13.6. The van der Waals surface area contributed by atoms with Crippen LogP contribution in [0.2, 0.25) is 0 Å². The van der Waals surface area contributed by atoms with E-state index < -0.39 is 0 Å². The Hall–Kier alpha value is -5.99. The Morgan fingerprint density at radius 2 is 0.653 bits per heavy atom. The van der Waals surface area contributed by atoms with Crippen LogP contribution < -0.4 is 34.2 Å². The second-order valence-corrected chi connectivity index (χ2v) is 12.3. The number of nitrogens with zero attached hydrogens (tertiary/aromatic N) is 2. The maximum absolute atomic E-state index is 14.4. The molecule has 49 heavy (non-hydrogen) atoms. The normalized spacial score (nSPS) is 10.9. The first-order valence-electron chi connectivity index (χ1n) is 15.7. The van der Waals surface area contributed by atoms with E-state index >= 15 is 0 Å². The van der Waals surface area contributed by atoms with Gasteiger partial charge in [-0.05, 0) is 133 Å². The van der Waals surface area contributed by atoms with Crippen molar-refractivity contribution in [2.45, 2.75) is 0 Å². The topological polar surface area (TPSA) is 60.5 Å². The Labute approximate surface area is 288 Å². The Balaban J connectivity index is 1.37. The molecule has 7 rings (SSSR count). The predicted octanol–water partition coefficient (Wildman–Crippen LogP) is 10.4. The summed E-state index contributed by atoms with van der Waals surface area (Å²) in [6, 6.07) is 43.7. The van der Waals surface area contributed by atoms with Crippen LogP contribution >= 0.6 is 11.3 Å². The molecule has 0 N–H and O–H groups in total. The molecule has 0 saturated heterocycles. The number of fused-ring (bicyclic) bond motifs is 2. The summed E-state index contributed by atoms with van der Waals surface area (Å²) in [5.74, 6) is 3.06. The van der Waals surface area contributed by atoms with Crippen LogP contribution in [-0.4, -0.2) is 28.4 Å². The number of methoxy groups -OCH3 is 4. The first-order chi connectivity index (χ1) is 24.0. The zero-order valence-corrected chi connectivity index (χ0v) is 28.4. The summed E-state index contributed by atoms with van der Waals surface area (Å²) in [5.41, 5.74) is 5.42. The first kappa shape index (κ1) is 31.6. The fourth-order valence-electron chi connectivity index (χ4n) is 5.93. The molecular weight excluding hydrogens is 633 g/mol. The Bertz CT molecular complexity index is 2030. The fraction of sp³-hybridized carbons (Fsp3) is 0.0976. The molecule has 8 heteroatoms. The van der Waals surface area contributed by atoms with E-state index in [1.54, 1.807) is 39.8 Å². The minimum Gasteiger partial charge on any atom is -0.497 e. The highest BCUT2D eigenvalue weighted by Gasteiger charge is 2.18. The molecule has 0 aliphatic heterocycles. The molecule has 0 aliphatic rings. The van der Waals surface area contributed by atoms with Crippen LogP contribution in [0, 0.1) is 0 Å². The minimum absolute atomic E-state index is 0.0266. The first-order valence-corrected chi connectivity index (χ1v) is 16.5. The average Bonchev–Trinajstić information content (AvgIpc) is 3.16. The van der Waals surface area contributed by atoms with E-state index in [1.165, 1.54) is 0 Å². The molecule has 1 aromatic heterocycles. The van der Waals surface area contributed by atoms with Crippen LogP contribution in [0.25, 0.3) is 20.2 Å². The molecule has 6 aromatic carbocycles. The maximum atomic E-state index is 14.4. The molecule has 244 valence electrons. The van der Waals surface area contributed by atoms with Crippen molar-refractivity contribution in [1.29, 1.82) is 0 Å². The van der Waals surface area contributed by atoms with Crippen LogP contribution in [0.1, 0.15) is 0 Å². The summed E-state index contributed by atoms with van der Waals surface area (Å²) in [5, 5.41) is 1.30. The molecule has 0 bridgehead atoms. The van der Waals surface area contributed by atoms with E-state index in [-0.39, 0.29) is 5.43 Å². The van der Waals surface area contributed by atoms with Crippen molar-refractivity contribution in [3.63, 3.8) is 0 Å². The van der Waals surface area contributed by atoms with E-state index in [0.29, 0.717) is 10.8 Å². The van der Waals surface area contributed by atoms with Gasteiger partial charge in [0.25, 0.3) is 0 Å². The monoisotopic (exact) mass is 666 g/mol. The number of rotatable bonds is 10. The molecule has 0 fully saturated rings. The lowest BCUT2D eigenvalue weighted by Crippen LogP contribution is -2.12. The molecule has 1 heterocycles. The number of ether oxygens (including phenoxy) is 4. The number of hydrogen-bond acceptors (Lipinski definition) is 8. The molecule has 0 radical (unpaired) electrons. The third-order valence-corrected chi connectivity index (χ3v) is 9.63. The third kappa shape index (κ3) is 6.22. The van der Waals surface area contributed by atoms with Gasteiger partial charge in [0.05, 0.1) is 28.4 Å². The van der Waals surface area contributed by atoms with Crippen molar-refractivity contribution in [1.82, 2.24) is 0 Å². The summed E-state index contributed by atoms with van der Waals surface area (Å²) in [4.78, 5) is 18.7. The predicted molar refractivity (Wildman–Crippen MR) is 201 cm³/mol. The zero-order chi connectivity index (χ0) is 33.9. The summed E-state index contributed by atoms with van der Waals surface area (Å²) in [6.07, 6.45) is 0. The third-order valence-electron chi connectivity index (χ3n) is 8.47. The van der Waals surface area contributed by atoms with Crippen molar-refractivity contribution in [3.8, 4) is 23.0 Å². The van der Waals surface area contributed by atoms with Gasteiger partial charge < -0.3 is 28.7 Å². The maximum Gasteiger partial charge on any atom is 0.196 e. The van der Waals surface area contributed by atoms with Crippen molar-refractivity contribution >= 4 is 65.6 Å². The number of hydrogen-bond donors (Lipinski definition) is 0. The van der Waals surface area contributed by atoms with Gasteiger partial charge in [0.1, 0.15) is 23.0 Å². The Morgan fingerprint density at radius 3 is 0.918 bits per heavy atom. The molecule has 0 spiro atoms. The van der Waals surface area contributed by atoms with Gasteiger partial charge in [0.15, 0.2) is 5.43 Å². The summed E-state index contributed by atoms with van der Waals surface area (Å²) < 4.78 is 23.5. The standard InChI is InChI=1S/C41H34N2O5S/c1-45-33-15-5-27(6-16-33)42(28-7-17-34(46-2)18-8-28)31-13-23-39-37(25-31)41(44)38-26-32(14-24-40(38)49-39)43(29-9-19-35(47-3)20-10-29)30-11-21-36(48-4)22-12-30/h5-26H,1-4H3. The minimum atomic E-state index is -0.0266. The molecule has 7 nitrogen and oxygen atoms in total.